The highest BCUT2D eigenvalue weighted by Crippen LogP contribution is 2.13. The normalized spacial score (nSPS) is 11.3. The van der Waals surface area contributed by atoms with Gasteiger partial charge in [0.05, 0.1) is 5.75 Å². The van der Waals surface area contributed by atoms with E-state index in [4.69, 9.17) is 9.84 Å². The summed E-state index contributed by atoms with van der Waals surface area (Å²) in [7, 11) is -1.86. The molecule has 1 amide bonds. The van der Waals surface area contributed by atoms with E-state index >= 15 is 0 Å². The minimum atomic E-state index is -3.41. The van der Waals surface area contributed by atoms with E-state index in [0.29, 0.717) is 5.75 Å². The summed E-state index contributed by atoms with van der Waals surface area (Å²) in [4.78, 5) is 23.8. The van der Waals surface area contributed by atoms with Crippen molar-refractivity contribution in [1.29, 1.82) is 0 Å². The molecule has 0 aliphatic carbocycles. The number of amides is 1. The van der Waals surface area contributed by atoms with Crippen LogP contribution in [0.3, 0.4) is 0 Å². The van der Waals surface area contributed by atoms with Crippen molar-refractivity contribution in [1.82, 2.24) is 4.90 Å². The maximum atomic E-state index is 12.0. The third kappa shape index (κ3) is 7.45. The van der Waals surface area contributed by atoms with Crippen molar-refractivity contribution in [3.8, 4) is 5.75 Å². The number of carboxylic acid groups (broad SMARTS) is 1. The Morgan fingerprint density at radius 2 is 1.79 bits per heavy atom. The third-order valence-corrected chi connectivity index (χ3v) is 4.92. The van der Waals surface area contributed by atoms with Crippen LogP contribution in [0.1, 0.15) is 19.4 Å². The molecule has 0 fully saturated rings. The fourth-order valence-electron chi connectivity index (χ4n) is 2.06. The molecule has 0 aliphatic rings. The first-order valence-electron chi connectivity index (χ1n) is 7.47. The van der Waals surface area contributed by atoms with Crippen LogP contribution >= 0.6 is 0 Å². The van der Waals surface area contributed by atoms with E-state index in [1.807, 2.05) is 0 Å². The van der Waals surface area contributed by atoms with Crippen molar-refractivity contribution < 1.29 is 27.9 Å². The Bertz CT molecular complexity index is 666. The molecule has 0 unspecified atom stereocenters. The van der Waals surface area contributed by atoms with Gasteiger partial charge < -0.3 is 14.7 Å². The summed E-state index contributed by atoms with van der Waals surface area (Å²) >= 11 is 0. The Morgan fingerprint density at radius 1 is 1.21 bits per heavy atom. The van der Waals surface area contributed by atoms with Gasteiger partial charge in [-0.05, 0) is 23.6 Å². The van der Waals surface area contributed by atoms with Gasteiger partial charge in [-0.1, -0.05) is 26.0 Å². The molecular formula is C16H23NO6S. The Kier molecular flexibility index (Phi) is 7.21. The van der Waals surface area contributed by atoms with Crippen molar-refractivity contribution in [3.05, 3.63) is 29.8 Å². The van der Waals surface area contributed by atoms with Gasteiger partial charge in [0.25, 0.3) is 0 Å². The Labute approximate surface area is 142 Å². The topological polar surface area (TPSA) is 101 Å². The van der Waals surface area contributed by atoms with Gasteiger partial charge in [0.2, 0.25) is 5.91 Å². The lowest BCUT2D eigenvalue weighted by Crippen LogP contribution is -2.33. The average molecular weight is 357 g/mol. The van der Waals surface area contributed by atoms with Crippen LogP contribution in [0.15, 0.2) is 24.3 Å². The lowest BCUT2D eigenvalue weighted by atomic mass is 10.2. The largest absolute Gasteiger partial charge is 0.482 e. The molecule has 24 heavy (non-hydrogen) atoms. The number of nitrogens with zero attached hydrogens (tertiary/aromatic N) is 1. The number of carboxylic acids is 1. The zero-order valence-corrected chi connectivity index (χ0v) is 14.9. The number of hydrogen-bond donors (Lipinski definition) is 1. The molecule has 1 rings (SSSR count). The first kappa shape index (κ1) is 20.0. The van der Waals surface area contributed by atoms with Gasteiger partial charge in [-0.2, -0.15) is 0 Å². The van der Waals surface area contributed by atoms with Crippen LogP contribution in [0.2, 0.25) is 0 Å². The van der Waals surface area contributed by atoms with Gasteiger partial charge in [0, 0.05) is 13.6 Å². The summed E-state index contributed by atoms with van der Waals surface area (Å²) in [6.07, 6.45) is 0. The summed E-state index contributed by atoms with van der Waals surface area (Å²) in [5.41, 5.74) is 0.787. The number of aliphatic carboxylic acids is 1. The summed E-state index contributed by atoms with van der Waals surface area (Å²) < 4.78 is 28.8. The molecule has 0 aromatic heterocycles. The maximum Gasteiger partial charge on any atom is 0.341 e. The van der Waals surface area contributed by atoms with E-state index in [-0.39, 0.29) is 18.2 Å². The molecule has 0 atom stereocenters. The lowest BCUT2D eigenvalue weighted by molar-refractivity contribution is -0.139. The summed E-state index contributed by atoms with van der Waals surface area (Å²) in [6.45, 7) is 3.42. The van der Waals surface area contributed by atoms with Gasteiger partial charge in [0.15, 0.2) is 16.4 Å². The van der Waals surface area contributed by atoms with Gasteiger partial charge >= 0.3 is 5.97 Å². The second-order valence-corrected chi connectivity index (χ2v) is 8.13. The SMILES string of the molecule is CC(C)CS(=O)(=O)CC(=O)N(C)Cc1ccc(OCC(=O)O)cc1. The molecule has 0 aliphatic heterocycles. The number of carbonyl (C=O) groups excluding carboxylic acids is 1. The van der Waals surface area contributed by atoms with Gasteiger partial charge in [0.1, 0.15) is 11.5 Å². The molecule has 1 aromatic carbocycles. The second kappa shape index (κ2) is 8.68. The molecule has 0 bridgehead atoms. The number of sulfone groups is 1. The van der Waals surface area contributed by atoms with E-state index < -0.39 is 34.1 Å². The van der Waals surface area contributed by atoms with Crippen LogP contribution in [-0.4, -0.2) is 55.5 Å². The van der Waals surface area contributed by atoms with E-state index in [1.165, 1.54) is 4.90 Å². The van der Waals surface area contributed by atoms with Crippen molar-refractivity contribution in [2.24, 2.45) is 5.92 Å². The number of ether oxygens (including phenoxy) is 1. The smallest absolute Gasteiger partial charge is 0.341 e. The van der Waals surface area contributed by atoms with Crippen LogP contribution in [0.25, 0.3) is 0 Å². The van der Waals surface area contributed by atoms with Crippen LogP contribution in [-0.2, 0) is 26.0 Å². The van der Waals surface area contributed by atoms with Crippen molar-refractivity contribution in [2.45, 2.75) is 20.4 Å². The maximum absolute atomic E-state index is 12.0. The molecule has 0 saturated carbocycles. The lowest BCUT2D eigenvalue weighted by Gasteiger charge is -2.18. The summed E-state index contributed by atoms with van der Waals surface area (Å²) in [6, 6.07) is 6.60. The van der Waals surface area contributed by atoms with Gasteiger partial charge in [-0.15, -0.1) is 0 Å². The van der Waals surface area contributed by atoms with Crippen LogP contribution in [0, 0.1) is 5.92 Å². The van der Waals surface area contributed by atoms with Crippen molar-refractivity contribution in [2.75, 3.05) is 25.2 Å². The van der Waals surface area contributed by atoms with E-state index in [0.717, 1.165) is 5.56 Å². The van der Waals surface area contributed by atoms with E-state index in [2.05, 4.69) is 0 Å². The molecule has 0 spiro atoms. The van der Waals surface area contributed by atoms with Gasteiger partial charge in [-0.25, -0.2) is 13.2 Å². The fraction of sp³-hybridized carbons (Fsp3) is 0.500. The minimum Gasteiger partial charge on any atom is -0.482 e. The average Bonchev–Trinajstić information content (AvgIpc) is 2.44. The number of benzene rings is 1. The summed E-state index contributed by atoms with van der Waals surface area (Å²) in [5, 5.41) is 8.54. The zero-order valence-electron chi connectivity index (χ0n) is 14.1. The molecule has 134 valence electrons. The first-order chi connectivity index (χ1) is 11.1. The first-order valence-corrected chi connectivity index (χ1v) is 9.29. The molecule has 0 heterocycles. The Hall–Kier alpha value is -2.09. The Morgan fingerprint density at radius 3 is 2.29 bits per heavy atom. The molecule has 1 aromatic rings. The van der Waals surface area contributed by atoms with Crippen LogP contribution in [0.4, 0.5) is 0 Å². The number of carbonyl (C=O) groups is 2. The number of hydrogen-bond acceptors (Lipinski definition) is 5. The fourth-order valence-corrected chi connectivity index (χ4v) is 3.79. The minimum absolute atomic E-state index is 0.0117. The molecule has 8 heteroatoms. The van der Waals surface area contributed by atoms with Crippen LogP contribution < -0.4 is 4.74 Å². The second-order valence-electron chi connectivity index (χ2n) is 6.02. The predicted octanol–water partition coefficient (Wildman–Crippen LogP) is 1.18. The molecule has 1 N–H and O–H groups in total. The standard InChI is InChI=1S/C16H23NO6S/c1-12(2)10-24(21,22)11-15(18)17(3)8-13-4-6-14(7-5-13)23-9-16(19)20/h4-7,12H,8-11H2,1-3H3,(H,19,20). The molecule has 0 saturated heterocycles. The zero-order chi connectivity index (χ0) is 18.3. The predicted molar refractivity (Wildman–Crippen MR) is 89.5 cm³/mol. The van der Waals surface area contributed by atoms with Crippen molar-refractivity contribution in [3.63, 3.8) is 0 Å². The van der Waals surface area contributed by atoms with Crippen molar-refractivity contribution >= 4 is 21.7 Å². The van der Waals surface area contributed by atoms with E-state index in [9.17, 15) is 18.0 Å². The molecule has 7 nitrogen and oxygen atoms in total. The highest BCUT2D eigenvalue weighted by molar-refractivity contribution is 7.92. The highest BCUT2D eigenvalue weighted by atomic mass is 32.2. The van der Waals surface area contributed by atoms with Gasteiger partial charge in [-0.3, -0.25) is 4.79 Å². The third-order valence-electron chi connectivity index (χ3n) is 3.06. The quantitative estimate of drug-likeness (QED) is 0.712. The monoisotopic (exact) mass is 357 g/mol. The molecular weight excluding hydrogens is 334 g/mol. The highest BCUT2D eigenvalue weighted by Gasteiger charge is 2.20. The van der Waals surface area contributed by atoms with E-state index in [1.54, 1.807) is 45.2 Å². The number of rotatable bonds is 9. The van der Waals surface area contributed by atoms with Crippen LogP contribution in [0.5, 0.6) is 5.75 Å². The molecule has 0 radical (unpaired) electrons. The Balaban J connectivity index is 2.59. The summed E-state index contributed by atoms with van der Waals surface area (Å²) in [5.74, 6) is -1.64.